The van der Waals surface area contributed by atoms with Crippen molar-refractivity contribution in [3.8, 4) is 0 Å². The minimum atomic E-state index is 0.0938. The number of benzene rings is 1. The highest BCUT2D eigenvalue weighted by atomic mass is 16.2. The molecular formula is C15H23N3O. The summed E-state index contributed by atoms with van der Waals surface area (Å²) in [4.78, 5) is 15.7. The first-order valence-corrected chi connectivity index (χ1v) is 6.78. The standard InChI is InChI=1S/C15H23N3O/c1-11(2)18-9-12-6-5-7-14(13(12)10-18)16-8-15(19)17(3)4/h5-7,11,16H,8-10H2,1-4H3. The molecule has 1 aromatic rings. The van der Waals surface area contributed by atoms with Crippen LogP contribution < -0.4 is 5.32 Å². The van der Waals surface area contributed by atoms with Crippen LogP contribution in [0, 0.1) is 0 Å². The topological polar surface area (TPSA) is 35.6 Å². The van der Waals surface area contributed by atoms with Crippen LogP contribution in [0.4, 0.5) is 5.69 Å². The van der Waals surface area contributed by atoms with E-state index in [9.17, 15) is 4.79 Å². The summed E-state index contributed by atoms with van der Waals surface area (Å²) in [6.07, 6.45) is 0. The van der Waals surface area contributed by atoms with E-state index >= 15 is 0 Å². The predicted molar refractivity (Wildman–Crippen MR) is 78.0 cm³/mol. The highest BCUT2D eigenvalue weighted by molar-refractivity contribution is 5.80. The van der Waals surface area contributed by atoms with Crippen LogP contribution in [0.1, 0.15) is 25.0 Å². The lowest BCUT2D eigenvalue weighted by molar-refractivity contribution is -0.126. The molecule has 1 heterocycles. The van der Waals surface area contributed by atoms with Crippen molar-refractivity contribution in [1.82, 2.24) is 9.80 Å². The summed E-state index contributed by atoms with van der Waals surface area (Å²) in [5, 5.41) is 3.27. The van der Waals surface area contributed by atoms with Crippen molar-refractivity contribution in [1.29, 1.82) is 0 Å². The number of nitrogens with zero attached hydrogens (tertiary/aromatic N) is 2. The minimum absolute atomic E-state index is 0.0938. The lowest BCUT2D eigenvalue weighted by Crippen LogP contribution is -2.29. The minimum Gasteiger partial charge on any atom is -0.376 e. The maximum atomic E-state index is 11.6. The molecule has 0 bridgehead atoms. The molecule has 0 spiro atoms. The van der Waals surface area contributed by atoms with E-state index < -0.39 is 0 Å². The first-order chi connectivity index (χ1) is 8.99. The van der Waals surface area contributed by atoms with Gasteiger partial charge in [-0.2, -0.15) is 0 Å². The molecule has 0 saturated heterocycles. The van der Waals surface area contributed by atoms with E-state index in [2.05, 4.69) is 42.3 Å². The van der Waals surface area contributed by atoms with Gasteiger partial charge < -0.3 is 10.2 Å². The lowest BCUT2D eigenvalue weighted by atomic mass is 10.1. The van der Waals surface area contributed by atoms with Crippen LogP contribution >= 0.6 is 0 Å². The van der Waals surface area contributed by atoms with Crippen molar-refractivity contribution >= 4 is 11.6 Å². The van der Waals surface area contributed by atoms with Crippen molar-refractivity contribution in [2.75, 3.05) is 26.0 Å². The first kappa shape index (κ1) is 13.9. The fraction of sp³-hybridized carbons (Fsp3) is 0.533. The highest BCUT2D eigenvalue weighted by Gasteiger charge is 2.23. The molecule has 0 fully saturated rings. The van der Waals surface area contributed by atoms with Gasteiger partial charge in [0.05, 0.1) is 6.54 Å². The van der Waals surface area contributed by atoms with Gasteiger partial charge in [-0.25, -0.2) is 0 Å². The molecular weight excluding hydrogens is 238 g/mol. The van der Waals surface area contributed by atoms with Crippen molar-refractivity contribution in [2.24, 2.45) is 0 Å². The van der Waals surface area contributed by atoms with E-state index in [-0.39, 0.29) is 5.91 Å². The Morgan fingerprint density at radius 1 is 1.37 bits per heavy atom. The van der Waals surface area contributed by atoms with Gasteiger partial charge in [0, 0.05) is 38.9 Å². The number of carbonyl (C=O) groups excluding carboxylic acids is 1. The van der Waals surface area contributed by atoms with Crippen molar-refractivity contribution in [3.63, 3.8) is 0 Å². The van der Waals surface area contributed by atoms with Crippen molar-refractivity contribution in [2.45, 2.75) is 33.0 Å². The van der Waals surface area contributed by atoms with Crippen LogP contribution in [0.5, 0.6) is 0 Å². The van der Waals surface area contributed by atoms with E-state index in [0.717, 1.165) is 18.8 Å². The average molecular weight is 261 g/mol. The lowest BCUT2D eigenvalue weighted by Gasteiger charge is -2.19. The molecule has 4 heteroatoms. The third kappa shape index (κ3) is 3.07. The van der Waals surface area contributed by atoms with Gasteiger partial charge in [-0.05, 0) is 31.0 Å². The summed E-state index contributed by atoms with van der Waals surface area (Å²) in [7, 11) is 3.56. The van der Waals surface area contributed by atoms with Gasteiger partial charge in [0.25, 0.3) is 0 Å². The second kappa shape index (κ2) is 5.61. The quantitative estimate of drug-likeness (QED) is 0.899. The van der Waals surface area contributed by atoms with Gasteiger partial charge in [-0.15, -0.1) is 0 Å². The second-order valence-electron chi connectivity index (χ2n) is 5.58. The van der Waals surface area contributed by atoms with E-state index in [1.54, 1.807) is 19.0 Å². The molecule has 0 atom stereocenters. The Labute approximate surface area is 115 Å². The summed E-state index contributed by atoms with van der Waals surface area (Å²) >= 11 is 0. The van der Waals surface area contributed by atoms with Crippen LogP contribution in [0.3, 0.4) is 0 Å². The molecule has 1 aliphatic rings. The zero-order valence-electron chi connectivity index (χ0n) is 12.2. The number of likely N-dealkylation sites (N-methyl/N-ethyl adjacent to an activating group) is 1. The van der Waals surface area contributed by atoms with Crippen LogP contribution in [0.15, 0.2) is 18.2 Å². The normalized spacial score (nSPS) is 14.6. The molecule has 2 rings (SSSR count). The number of amides is 1. The number of hydrogen-bond donors (Lipinski definition) is 1. The molecule has 0 unspecified atom stereocenters. The van der Waals surface area contributed by atoms with Crippen LogP contribution in [-0.2, 0) is 17.9 Å². The third-order valence-corrected chi connectivity index (χ3v) is 3.67. The van der Waals surface area contributed by atoms with Crippen molar-refractivity contribution in [3.05, 3.63) is 29.3 Å². The molecule has 1 aromatic carbocycles. The maximum Gasteiger partial charge on any atom is 0.241 e. The van der Waals surface area contributed by atoms with Crippen LogP contribution in [-0.4, -0.2) is 42.4 Å². The SMILES string of the molecule is CC(C)N1Cc2cccc(NCC(=O)N(C)C)c2C1. The number of fused-ring (bicyclic) bond motifs is 1. The number of anilines is 1. The predicted octanol–water partition coefficient (Wildman–Crippen LogP) is 1.91. The number of rotatable bonds is 4. The highest BCUT2D eigenvalue weighted by Crippen LogP contribution is 2.30. The molecule has 1 N–H and O–H groups in total. The van der Waals surface area contributed by atoms with Gasteiger partial charge in [0.2, 0.25) is 5.91 Å². The smallest absolute Gasteiger partial charge is 0.241 e. The Morgan fingerprint density at radius 3 is 2.74 bits per heavy atom. The van der Waals surface area contributed by atoms with Crippen molar-refractivity contribution < 1.29 is 4.79 Å². The van der Waals surface area contributed by atoms with Crippen LogP contribution in [0.25, 0.3) is 0 Å². The Bertz CT molecular complexity index is 468. The average Bonchev–Trinajstić information content (AvgIpc) is 2.80. The molecule has 0 aromatic heterocycles. The first-order valence-electron chi connectivity index (χ1n) is 6.78. The molecule has 0 aliphatic carbocycles. The fourth-order valence-electron chi connectivity index (χ4n) is 2.31. The summed E-state index contributed by atoms with van der Waals surface area (Å²) in [6.45, 7) is 6.75. The third-order valence-electron chi connectivity index (χ3n) is 3.67. The summed E-state index contributed by atoms with van der Waals surface area (Å²) in [5.41, 5.74) is 3.80. The Kier molecular flexibility index (Phi) is 4.10. The van der Waals surface area contributed by atoms with Gasteiger partial charge in [0.15, 0.2) is 0 Å². The molecule has 0 radical (unpaired) electrons. The molecule has 104 valence electrons. The van der Waals surface area contributed by atoms with Gasteiger partial charge in [-0.3, -0.25) is 9.69 Å². The largest absolute Gasteiger partial charge is 0.376 e. The van der Waals surface area contributed by atoms with E-state index in [4.69, 9.17) is 0 Å². The monoisotopic (exact) mass is 261 g/mol. The molecule has 1 aliphatic heterocycles. The summed E-state index contributed by atoms with van der Waals surface area (Å²) in [5.74, 6) is 0.0938. The van der Waals surface area contributed by atoms with Gasteiger partial charge in [-0.1, -0.05) is 12.1 Å². The zero-order valence-corrected chi connectivity index (χ0v) is 12.2. The molecule has 1 amide bonds. The molecule has 0 saturated carbocycles. The maximum absolute atomic E-state index is 11.6. The second-order valence-corrected chi connectivity index (χ2v) is 5.58. The van der Waals surface area contributed by atoms with E-state index in [1.807, 2.05) is 0 Å². The fourth-order valence-corrected chi connectivity index (χ4v) is 2.31. The number of carbonyl (C=O) groups is 1. The van der Waals surface area contributed by atoms with E-state index in [0.29, 0.717) is 12.6 Å². The number of hydrogen-bond acceptors (Lipinski definition) is 3. The van der Waals surface area contributed by atoms with E-state index in [1.165, 1.54) is 11.1 Å². The van der Waals surface area contributed by atoms with Crippen LogP contribution in [0.2, 0.25) is 0 Å². The Morgan fingerprint density at radius 2 is 2.11 bits per heavy atom. The Balaban J connectivity index is 2.09. The summed E-state index contributed by atoms with van der Waals surface area (Å²) < 4.78 is 0. The number of nitrogens with one attached hydrogen (secondary N) is 1. The zero-order chi connectivity index (χ0) is 14.0. The summed E-state index contributed by atoms with van der Waals surface area (Å²) in [6, 6.07) is 6.84. The molecule has 4 nitrogen and oxygen atoms in total. The molecule has 19 heavy (non-hydrogen) atoms. The van der Waals surface area contributed by atoms with Gasteiger partial charge >= 0.3 is 0 Å². The van der Waals surface area contributed by atoms with Gasteiger partial charge in [0.1, 0.15) is 0 Å². The Hall–Kier alpha value is -1.55.